The molecule has 1 aliphatic rings. The molecule has 3 aromatic carbocycles. The minimum atomic E-state index is -0.484. The highest BCUT2D eigenvalue weighted by atomic mass is 19.1. The number of fused-ring (bicyclic) bond motifs is 2. The first-order valence-electron chi connectivity index (χ1n) is 13.8. The number of hydrogen-bond donors (Lipinski definition) is 0. The maximum atomic E-state index is 13.9. The molecule has 1 amide bonds. The van der Waals surface area contributed by atoms with Gasteiger partial charge < -0.3 is 28.4 Å². The molecule has 2 heterocycles. The minimum Gasteiger partial charge on any atom is -0.497 e. The Morgan fingerprint density at radius 1 is 0.976 bits per heavy atom. The summed E-state index contributed by atoms with van der Waals surface area (Å²) in [7, 11) is 1.59. The van der Waals surface area contributed by atoms with Crippen LogP contribution >= 0.6 is 0 Å². The molecule has 4 aromatic rings. The van der Waals surface area contributed by atoms with Crippen molar-refractivity contribution in [3.63, 3.8) is 0 Å². The Morgan fingerprint density at radius 2 is 1.76 bits per heavy atom. The van der Waals surface area contributed by atoms with Crippen molar-refractivity contribution in [1.82, 2.24) is 0 Å². The number of ether oxygens (including phenoxy) is 3. The average molecular weight is 575 g/mol. The van der Waals surface area contributed by atoms with E-state index in [-0.39, 0.29) is 18.2 Å². The number of benzene rings is 3. The van der Waals surface area contributed by atoms with Gasteiger partial charge in [0.1, 0.15) is 40.8 Å². The fourth-order valence-corrected chi connectivity index (χ4v) is 4.81. The fraction of sp³-hybridized carbons (Fsp3) is 0.281. The van der Waals surface area contributed by atoms with Crippen molar-refractivity contribution in [1.29, 1.82) is 0 Å². The van der Waals surface area contributed by atoms with Gasteiger partial charge in [0, 0.05) is 23.1 Å². The molecule has 0 spiro atoms. The second-order valence-corrected chi connectivity index (χ2v) is 9.44. The van der Waals surface area contributed by atoms with Crippen molar-refractivity contribution >= 4 is 34.2 Å². The smallest absolute Gasteiger partial charge is 0.342 e. The van der Waals surface area contributed by atoms with E-state index in [9.17, 15) is 14.0 Å². The van der Waals surface area contributed by atoms with Crippen LogP contribution in [0.15, 0.2) is 70.2 Å². The van der Waals surface area contributed by atoms with Crippen molar-refractivity contribution in [2.45, 2.75) is 26.7 Å². The van der Waals surface area contributed by atoms with Gasteiger partial charge in [-0.2, -0.15) is 0 Å². The molecule has 0 N–H and O–H groups in total. The number of carbonyl (C=O) groups excluding carboxylic acids is 2. The molecular formula is C32H31FN2O7. The van der Waals surface area contributed by atoms with Crippen molar-refractivity contribution in [2.75, 3.05) is 38.4 Å². The van der Waals surface area contributed by atoms with Gasteiger partial charge in [-0.1, -0.05) is 5.16 Å². The lowest BCUT2D eigenvalue weighted by atomic mass is 10.1. The molecule has 42 heavy (non-hydrogen) atoms. The van der Waals surface area contributed by atoms with E-state index in [0.717, 1.165) is 0 Å². The first kappa shape index (κ1) is 28.7. The van der Waals surface area contributed by atoms with Crippen LogP contribution in [-0.4, -0.2) is 51.1 Å². The number of furan rings is 1. The molecule has 5 rings (SSSR count). The molecule has 0 saturated heterocycles. The van der Waals surface area contributed by atoms with Gasteiger partial charge in [0.25, 0.3) is 5.91 Å². The predicted molar refractivity (Wildman–Crippen MR) is 156 cm³/mol. The van der Waals surface area contributed by atoms with E-state index in [1.165, 1.54) is 12.1 Å². The summed E-state index contributed by atoms with van der Waals surface area (Å²) in [5, 5.41) is 4.50. The topological polar surface area (TPSA) is 99.8 Å². The zero-order valence-corrected chi connectivity index (χ0v) is 23.6. The van der Waals surface area contributed by atoms with Gasteiger partial charge >= 0.3 is 5.97 Å². The Morgan fingerprint density at radius 3 is 2.50 bits per heavy atom. The summed E-state index contributed by atoms with van der Waals surface area (Å²) in [6.45, 7) is 4.82. The van der Waals surface area contributed by atoms with Crippen LogP contribution in [0.25, 0.3) is 22.3 Å². The van der Waals surface area contributed by atoms with Crippen LogP contribution < -0.4 is 14.4 Å². The van der Waals surface area contributed by atoms with Gasteiger partial charge in [-0.15, -0.1) is 0 Å². The summed E-state index contributed by atoms with van der Waals surface area (Å²) in [5.74, 6) is 0.411. The van der Waals surface area contributed by atoms with Gasteiger partial charge in [-0.25, -0.2) is 9.18 Å². The number of oxime groups is 1. The van der Waals surface area contributed by atoms with E-state index in [2.05, 4.69) is 5.16 Å². The highest BCUT2D eigenvalue weighted by molar-refractivity contribution is 6.54. The third kappa shape index (κ3) is 5.79. The number of rotatable bonds is 12. The van der Waals surface area contributed by atoms with Crippen LogP contribution in [0.4, 0.5) is 10.1 Å². The van der Waals surface area contributed by atoms with Crippen molar-refractivity contribution in [2.24, 2.45) is 5.16 Å². The molecule has 10 heteroatoms. The first-order chi connectivity index (χ1) is 20.4. The van der Waals surface area contributed by atoms with Crippen LogP contribution in [0, 0.1) is 5.82 Å². The van der Waals surface area contributed by atoms with Crippen molar-refractivity contribution in [3.05, 3.63) is 77.6 Å². The van der Waals surface area contributed by atoms with Crippen LogP contribution in [0.2, 0.25) is 0 Å². The zero-order valence-electron chi connectivity index (χ0n) is 23.6. The average Bonchev–Trinajstić information content (AvgIpc) is 3.50. The lowest BCUT2D eigenvalue weighted by Gasteiger charge is -2.16. The SMILES string of the molecule is CCO/N=C1\C(=O)N(CCCCOc2ccc3oc(-c4ccc(OC)cc4)c(C(=O)OCC)c3c2)c2ccc(F)cc21. The maximum absolute atomic E-state index is 13.9. The highest BCUT2D eigenvalue weighted by Crippen LogP contribution is 2.37. The molecule has 1 aliphatic heterocycles. The highest BCUT2D eigenvalue weighted by Gasteiger charge is 2.34. The first-order valence-corrected chi connectivity index (χ1v) is 13.8. The summed E-state index contributed by atoms with van der Waals surface area (Å²) >= 11 is 0. The normalized spacial score (nSPS) is 13.5. The number of methoxy groups -OCH3 is 1. The van der Waals surface area contributed by atoms with Gasteiger partial charge in [-0.05, 0) is 87.4 Å². The molecule has 0 bridgehead atoms. The van der Waals surface area contributed by atoms with Gasteiger partial charge in [0.05, 0.1) is 26.0 Å². The van der Waals surface area contributed by atoms with E-state index in [1.54, 1.807) is 62.3 Å². The lowest BCUT2D eigenvalue weighted by molar-refractivity contribution is -0.112. The summed E-state index contributed by atoms with van der Waals surface area (Å²) < 4.78 is 36.5. The summed E-state index contributed by atoms with van der Waals surface area (Å²) in [5.41, 5.74) is 2.70. The zero-order chi connectivity index (χ0) is 29.6. The van der Waals surface area contributed by atoms with Crippen LogP contribution in [0.1, 0.15) is 42.6 Å². The van der Waals surface area contributed by atoms with Crippen LogP contribution in [0.3, 0.4) is 0 Å². The maximum Gasteiger partial charge on any atom is 0.342 e. The third-order valence-electron chi connectivity index (χ3n) is 6.77. The largest absolute Gasteiger partial charge is 0.497 e. The molecule has 0 radical (unpaired) electrons. The number of esters is 1. The Kier molecular flexibility index (Phi) is 8.71. The van der Waals surface area contributed by atoms with Gasteiger partial charge in [0.15, 0.2) is 5.71 Å². The summed E-state index contributed by atoms with van der Waals surface area (Å²) in [4.78, 5) is 32.6. The molecule has 0 fully saturated rings. The minimum absolute atomic E-state index is 0.0995. The van der Waals surface area contributed by atoms with Crippen LogP contribution in [0.5, 0.6) is 11.5 Å². The number of amides is 1. The molecule has 0 aliphatic carbocycles. The molecule has 218 valence electrons. The van der Waals surface area contributed by atoms with E-state index in [0.29, 0.717) is 83.2 Å². The third-order valence-corrected chi connectivity index (χ3v) is 6.77. The lowest BCUT2D eigenvalue weighted by Crippen LogP contribution is -2.31. The quantitative estimate of drug-likeness (QED) is 0.110. The summed E-state index contributed by atoms with van der Waals surface area (Å²) in [6.07, 6.45) is 1.28. The Bertz CT molecular complexity index is 1630. The molecule has 0 saturated carbocycles. The molecule has 0 atom stereocenters. The van der Waals surface area contributed by atoms with E-state index in [1.807, 2.05) is 12.1 Å². The Labute approximate surface area is 242 Å². The number of halogens is 1. The Balaban J connectivity index is 1.27. The fourth-order valence-electron chi connectivity index (χ4n) is 4.81. The van der Waals surface area contributed by atoms with Crippen molar-refractivity contribution in [3.8, 4) is 22.8 Å². The predicted octanol–water partition coefficient (Wildman–Crippen LogP) is 6.37. The van der Waals surface area contributed by atoms with Crippen molar-refractivity contribution < 1.29 is 37.4 Å². The van der Waals surface area contributed by atoms with Crippen LogP contribution in [-0.2, 0) is 14.4 Å². The second kappa shape index (κ2) is 12.8. The van der Waals surface area contributed by atoms with Gasteiger partial charge in [-0.3, -0.25) is 4.79 Å². The van der Waals surface area contributed by atoms with Gasteiger partial charge in [0.2, 0.25) is 0 Å². The second-order valence-electron chi connectivity index (χ2n) is 9.44. The molecule has 0 unspecified atom stereocenters. The van der Waals surface area contributed by atoms with E-state index in [4.69, 9.17) is 23.5 Å². The molecule has 1 aromatic heterocycles. The summed E-state index contributed by atoms with van der Waals surface area (Å²) in [6, 6.07) is 16.7. The molecule has 9 nitrogen and oxygen atoms in total. The number of nitrogens with zero attached hydrogens (tertiary/aromatic N) is 2. The van der Waals surface area contributed by atoms with E-state index >= 15 is 0 Å². The number of unbranched alkanes of at least 4 members (excludes halogenated alkanes) is 1. The number of hydrogen-bond acceptors (Lipinski definition) is 8. The standard InChI is InChI=1S/C32H31FN2O7/c1-4-39-32(37)28-25-19-23(13-15-27(25)42-30(28)20-8-11-22(38-3)12-9-20)40-17-7-6-16-35-26-14-10-21(33)18-24(26)29(31(35)36)34-41-5-2/h8-15,18-19H,4-7,16-17H2,1-3H3/b34-29-. The Hall–Kier alpha value is -4.86. The van der Waals surface area contributed by atoms with E-state index < -0.39 is 11.8 Å². The number of anilines is 1. The monoisotopic (exact) mass is 574 g/mol. The molecular weight excluding hydrogens is 543 g/mol. The number of carbonyl (C=O) groups is 2.